The monoisotopic (exact) mass is 357 g/mol. The molecule has 0 N–H and O–H groups in total. The molecule has 4 nitrogen and oxygen atoms in total. The highest BCUT2D eigenvalue weighted by Gasteiger charge is 2.28. The van der Waals surface area contributed by atoms with Crippen LogP contribution in [-0.4, -0.2) is 27.1 Å². The number of carbonyl (C=O) groups is 1. The second kappa shape index (κ2) is 7.62. The SMILES string of the molecule is C=CC(=O)N(Cc1cnn(Cc2ccccc2)c1)CC1Cc2ccccc21. The van der Waals surface area contributed by atoms with Crippen LogP contribution >= 0.6 is 0 Å². The molecule has 1 aliphatic carbocycles. The normalized spacial score (nSPS) is 14.9. The molecule has 1 atom stereocenters. The summed E-state index contributed by atoms with van der Waals surface area (Å²) >= 11 is 0. The van der Waals surface area contributed by atoms with Crippen molar-refractivity contribution in [3.05, 3.63) is 102 Å². The topological polar surface area (TPSA) is 38.1 Å². The minimum absolute atomic E-state index is 0.0322. The molecule has 2 aromatic carbocycles. The summed E-state index contributed by atoms with van der Waals surface area (Å²) in [5.41, 5.74) is 4.99. The maximum Gasteiger partial charge on any atom is 0.246 e. The van der Waals surface area contributed by atoms with Crippen molar-refractivity contribution in [2.75, 3.05) is 6.54 Å². The Morgan fingerprint density at radius 2 is 1.93 bits per heavy atom. The Balaban J connectivity index is 1.43. The second-order valence-corrected chi connectivity index (χ2v) is 7.05. The highest BCUT2D eigenvalue weighted by Crippen LogP contribution is 2.35. The van der Waals surface area contributed by atoms with Gasteiger partial charge in [0, 0.05) is 30.8 Å². The van der Waals surface area contributed by atoms with Crippen LogP contribution in [0.1, 0.15) is 28.2 Å². The first-order chi connectivity index (χ1) is 13.2. The first-order valence-corrected chi connectivity index (χ1v) is 9.27. The molecule has 0 aliphatic heterocycles. The maximum absolute atomic E-state index is 12.4. The fourth-order valence-electron chi connectivity index (χ4n) is 3.72. The molecule has 0 bridgehead atoms. The first kappa shape index (κ1) is 17.3. The van der Waals surface area contributed by atoms with E-state index in [0.717, 1.165) is 18.5 Å². The summed E-state index contributed by atoms with van der Waals surface area (Å²) in [5.74, 6) is 0.375. The van der Waals surface area contributed by atoms with Gasteiger partial charge in [-0.25, -0.2) is 0 Å². The third-order valence-corrected chi connectivity index (χ3v) is 5.14. The van der Waals surface area contributed by atoms with Gasteiger partial charge in [0.1, 0.15) is 0 Å². The lowest BCUT2D eigenvalue weighted by atomic mass is 9.77. The van der Waals surface area contributed by atoms with Crippen LogP contribution in [0.25, 0.3) is 0 Å². The van der Waals surface area contributed by atoms with E-state index in [1.807, 2.05) is 40.2 Å². The molecule has 1 aromatic heterocycles. The van der Waals surface area contributed by atoms with Crippen molar-refractivity contribution in [1.29, 1.82) is 0 Å². The van der Waals surface area contributed by atoms with Crippen LogP contribution in [0.5, 0.6) is 0 Å². The van der Waals surface area contributed by atoms with E-state index in [2.05, 4.69) is 48.1 Å². The summed E-state index contributed by atoms with van der Waals surface area (Å²) < 4.78 is 1.92. The summed E-state index contributed by atoms with van der Waals surface area (Å²) in [6.45, 7) is 5.66. The predicted molar refractivity (Wildman–Crippen MR) is 106 cm³/mol. The molecule has 1 unspecified atom stereocenters. The highest BCUT2D eigenvalue weighted by molar-refractivity contribution is 5.87. The molecular weight excluding hydrogens is 334 g/mol. The molecule has 27 heavy (non-hydrogen) atoms. The molecule has 136 valence electrons. The Morgan fingerprint density at radius 3 is 2.70 bits per heavy atom. The molecule has 4 heteroatoms. The smallest absolute Gasteiger partial charge is 0.246 e. The van der Waals surface area contributed by atoms with E-state index in [9.17, 15) is 4.79 Å². The maximum atomic E-state index is 12.4. The van der Waals surface area contributed by atoms with Crippen molar-refractivity contribution in [3.8, 4) is 0 Å². The van der Waals surface area contributed by atoms with Crippen molar-refractivity contribution < 1.29 is 4.79 Å². The molecule has 3 aromatic rings. The average Bonchev–Trinajstić information content (AvgIpc) is 3.12. The fourth-order valence-corrected chi connectivity index (χ4v) is 3.72. The highest BCUT2D eigenvalue weighted by atomic mass is 16.2. The zero-order valence-corrected chi connectivity index (χ0v) is 15.3. The van der Waals surface area contributed by atoms with Gasteiger partial charge in [0.25, 0.3) is 0 Å². The van der Waals surface area contributed by atoms with Crippen molar-refractivity contribution in [2.45, 2.75) is 25.4 Å². The van der Waals surface area contributed by atoms with Crippen LogP contribution in [0.2, 0.25) is 0 Å². The van der Waals surface area contributed by atoms with E-state index in [0.29, 0.717) is 19.0 Å². The summed E-state index contributed by atoms with van der Waals surface area (Å²) in [7, 11) is 0. The third kappa shape index (κ3) is 3.85. The minimum atomic E-state index is -0.0322. The zero-order valence-electron chi connectivity index (χ0n) is 15.3. The van der Waals surface area contributed by atoms with Crippen LogP contribution in [0.3, 0.4) is 0 Å². The van der Waals surface area contributed by atoms with Gasteiger partial charge in [-0.3, -0.25) is 9.48 Å². The summed E-state index contributed by atoms with van der Waals surface area (Å²) in [4.78, 5) is 14.3. The number of hydrogen-bond donors (Lipinski definition) is 0. The fraction of sp³-hybridized carbons (Fsp3) is 0.217. The predicted octanol–water partition coefficient (Wildman–Crippen LogP) is 3.79. The van der Waals surface area contributed by atoms with Gasteiger partial charge in [-0.1, -0.05) is 61.2 Å². The molecule has 0 saturated carbocycles. The number of benzene rings is 2. The van der Waals surface area contributed by atoms with E-state index in [4.69, 9.17) is 0 Å². The number of amides is 1. The van der Waals surface area contributed by atoms with Crippen LogP contribution in [0.4, 0.5) is 0 Å². The van der Waals surface area contributed by atoms with Crippen molar-refractivity contribution in [3.63, 3.8) is 0 Å². The van der Waals surface area contributed by atoms with Crippen LogP contribution < -0.4 is 0 Å². The van der Waals surface area contributed by atoms with Gasteiger partial charge in [-0.15, -0.1) is 0 Å². The average molecular weight is 357 g/mol. The molecule has 1 amide bonds. The molecular formula is C23H23N3O. The number of fused-ring (bicyclic) bond motifs is 1. The van der Waals surface area contributed by atoms with Gasteiger partial charge in [0.05, 0.1) is 12.7 Å². The summed E-state index contributed by atoms with van der Waals surface area (Å²) in [6, 6.07) is 18.7. The molecule has 0 radical (unpaired) electrons. The zero-order chi connectivity index (χ0) is 18.6. The molecule has 1 heterocycles. The Labute approximate surface area is 159 Å². The van der Waals surface area contributed by atoms with E-state index in [-0.39, 0.29) is 5.91 Å². The minimum Gasteiger partial charge on any atom is -0.334 e. The quantitative estimate of drug-likeness (QED) is 0.604. The van der Waals surface area contributed by atoms with E-state index in [1.165, 1.54) is 22.8 Å². The van der Waals surface area contributed by atoms with Crippen molar-refractivity contribution >= 4 is 5.91 Å². The van der Waals surface area contributed by atoms with Gasteiger partial charge in [0.2, 0.25) is 5.91 Å². The van der Waals surface area contributed by atoms with Crippen molar-refractivity contribution in [1.82, 2.24) is 14.7 Å². The molecule has 0 spiro atoms. The van der Waals surface area contributed by atoms with Gasteiger partial charge >= 0.3 is 0 Å². The Morgan fingerprint density at radius 1 is 1.15 bits per heavy atom. The largest absolute Gasteiger partial charge is 0.334 e. The molecule has 0 fully saturated rings. The number of carbonyl (C=O) groups excluding carboxylic acids is 1. The van der Waals surface area contributed by atoms with E-state index < -0.39 is 0 Å². The number of rotatable bonds is 7. The van der Waals surface area contributed by atoms with Crippen LogP contribution in [-0.2, 0) is 24.3 Å². The second-order valence-electron chi connectivity index (χ2n) is 7.05. The lowest BCUT2D eigenvalue weighted by Gasteiger charge is -2.34. The Bertz CT molecular complexity index is 945. The van der Waals surface area contributed by atoms with Gasteiger partial charge < -0.3 is 4.90 Å². The lowest BCUT2D eigenvalue weighted by Crippen LogP contribution is -2.36. The van der Waals surface area contributed by atoms with Gasteiger partial charge in [0.15, 0.2) is 0 Å². The first-order valence-electron chi connectivity index (χ1n) is 9.27. The van der Waals surface area contributed by atoms with E-state index in [1.54, 1.807) is 0 Å². The van der Waals surface area contributed by atoms with Gasteiger partial charge in [-0.2, -0.15) is 5.10 Å². The lowest BCUT2D eigenvalue weighted by molar-refractivity contribution is -0.127. The number of aromatic nitrogens is 2. The summed E-state index contributed by atoms with van der Waals surface area (Å²) in [5, 5.41) is 4.45. The number of nitrogens with zero attached hydrogens (tertiary/aromatic N) is 3. The Hall–Kier alpha value is -3.14. The standard InChI is InChI=1S/C23H23N3O/c1-2-23(27)25(17-21-12-20-10-6-7-11-22(20)21)14-19-13-24-26(16-19)15-18-8-4-3-5-9-18/h2-11,13,16,21H,1,12,14-15,17H2. The molecule has 0 saturated heterocycles. The summed E-state index contributed by atoms with van der Waals surface area (Å²) in [6.07, 6.45) is 6.30. The van der Waals surface area contributed by atoms with Crippen molar-refractivity contribution in [2.24, 2.45) is 0 Å². The number of hydrogen-bond acceptors (Lipinski definition) is 2. The van der Waals surface area contributed by atoms with E-state index >= 15 is 0 Å². The van der Waals surface area contributed by atoms with Gasteiger partial charge in [-0.05, 0) is 29.2 Å². The Kier molecular flexibility index (Phi) is 4.88. The third-order valence-electron chi connectivity index (χ3n) is 5.14. The van der Waals surface area contributed by atoms with Crippen LogP contribution in [0.15, 0.2) is 79.6 Å². The molecule has 1 aliphatic rings. The molecule has 4 rings (SSSR count). The van der Waals surface area contributed by atoms with Crippen LogP contribution in [0, 0.1) is 0 Å².